The van der Waals surface area contributed by atoms with Crippen LogP contribution in [0.5, 0.6) is 11.5 Å². The van der Waals surface area contributed by atoms with Gasteiger partial charge in [0, 0.05) is 31.7 Å². The Balaban J connectivity index is 1.27. The van der Waals surface area contributed by atoms with Gasteiger partial charge in [-0.1, -0.05) is 30.3 Å². The number of aromatic nitrogens is 2. The third-order valence-electron chi connectivity index (χ3n) is 8.66. The van der Waals surface area contributed by atoms with Gasteiger partial charge in [-0.05, 0) is 79.4 Å². The number of nitrogens with zero attached hydrogens (tertiary/aromatic N) is 3. The van der Waals surface area contributed by atoms with Crippen molar-refractivity contribution in [1.82, 2.24) is 25.3 Å². The highest BCUT2D eigenvalue weighted by Crippen LogP contribution is 2.27. The SMILES string of the molecule is Cc1nn(CCC(=O)N2C[C@@H]3NC(=O)c4cc(ccc4F)-c4cccc(c4)OCC(=O)NCc4ccc(cc4)O[C@H]3C2)c(C)c1C. The van der Waals surface area contributed by atoms with Gasteiger partial charge in [-0.25, -0.2) is 4.39 Å². The Kier molecular flexibility index (Phi) is 8.74. The van der Waals surface area contributed by atoms with E-state index in [1.54, 1.807) is 41.3 Å². The fraction of sp³-hybridized carbons (Fsp3) is 0.314. The first-order valence-electron chi connectivity index (χ1n) is 15.3. The van der Waals surface area contributed by atoms with Gasteiger partial charge in [-0.15, -0.1) is 0 Å². The van der Waals surface area contributed by atoms with Crippen LogP contribution in [-0.2, 0) is 22.7 Å². The lowest BCUT2D eigenvalue weighted by Crippen LogP contribution is -2.45. The van der Waals surface area contributed by atoms with Crippen molar-refractivity contribution in [3.63, 3.8) is 0 Å². The number of carbonyl (C=O) groups is 3. The predicted octanol–water partition coefficient (Wildman–Crippen LogP) is 4.10. The highest BCUT2D eigenvalue weighted by atomic mass is 19.1. The highest BCUT2D eigenvalue weighted by molar-refractivity contribution is 5.96. The number of benzene rings is 3. The van der Waals surface area contributed by atoms with E-state index in [1.165, 1.54) is 12.1 Å². The van der Waals surface area contributed by atoms with E-state index < -0.39 is 23.9 Å². The van der Waals surface area contributed by atoms with Crippen LogP contribution in [0, 0.1) is 26.6 Å². The van der Waals surface area contributed by atoms with E-state index in [2.05, 4.69) is 15.7 Å². The molecule has 3 aromatic carbocycles. The largest absolute Gasteiger partial charge is 0.486 e. The number of amides is 3. The maximum Gasteiger partial charge on any atom is 0.258 e. The number of likely N-dealkylation sites (tertiary alicyclic amines) is 1. The molecule has 1 aromatic heterocycles. The first-order valence-corrected chi connectivity index (χ1v) is 15.3. The van der Waals surface area contributed by atoms with Crippen molar-refractivity contribution in [3.05, 3.63) is 101 Å². The Labute approximate surface area is 266 Å². The Hall–Kier alpha value is -5.19. The van der Waals surface area contributed by atoms with E-state index in [-0.39, 0.29) is 43.5 Å². The van der Waals surface area contributed by atoms with Gasteiger partial charge in [0.25, 0.3) is 11.8 Å². The average molecular weight is 626 g/mol. The van der Waals surface area contributed by atoms with Gasteiger partial charge in [-0.3, -0.25) is 19.1 Å². The molecule has 3 amide bonds. The Morgan fingerprint density at radius 1 is 0.978 bits per heavy atom. The van der Waals surface area contributed by atoms with Crippen molar-refractivity contribution in [2.75, 3.05) is 19.7 Å². The van der Waals surface area contributed by atoms with Gasteiger partial charge in [-0.2, -0.15) is 5.10 Å². The van der Waals surface area contributed by atoms with E-state index in [9.17, 15) is 14.4 Å². The van der Waals surface area contributed by atoms with E-state index in [0.717, 1.165) is 22.5 Å². The number of carbonyl (C=O) groups excluding carboxylic acids is 3. The molecular weight excluding hydrogens is 589 g/mol. The van der Waals surface area contributed by atoms with Gasteiger partial charge in [0.2, 0.25) is 5.91 Å². The minimum absolute atomic E-state index is 0.0950. The zero-order valence-electron chi connectivity index (χ0n) is 26.0. The van der Waals surface area contributed by atoms with Crippen LogP contribution in [-0.4, -0.2) is 64.2 Å². The lowest BCUT2D eigenvalue weighted by Gasteiger charge is -2.21. The molecule has 2 N–H and O–H groups in total. The summed E-state index contributed by atoms with van der Waals surface area (Å²) in [4.78, 5) is 41.1. The second-order valence-corrected chi connectivity index (χ2v) is 11.7. The van der Waals surface area contributed by atoms with Gasteiger partial charge in [0.15, 0.2) is 6.61 Å². The van der Waals surface area contributed by atoms with Crippen molar-refractivity contribution >= 4 is 17.7 Å². The van der Waals surface area contributed by atoms with Gasteiger partial charge in [0.1, 0.15) is 23.4 Å². The normalized spacial score (nSPS) is 18.2. The van der Waals surface area contributed by atoms with Crippen molar-refractivity contribution in [2.24, 2.45) is 0 Å². The van der Waals surface area contributed by atoms with Crippen molar-refractivity contribution in [3.8, 4) is 22.6 Å². The molecule has 10 nitrogen and oxygen atoms in total. The van der Waals surface area contributed by atoms with E-state index in [0.29, 0.717) is 35.7 Å². The van der Waals surface area contributed by atoms with E-state index in [4.69, 9.17) is 9.47 Å². The lowest BCUT2D eigenvalue weighted by molar-refractivity contribution is -0.130. The minimum atomic E-state index is -0.674. The molecule has 0 spiro atoms. The summed E-state index contributed by atoms with van der Waals surface area (Å²) in [6, 6.07) is 18.0. The molecule has 3 aliphatic rings. The first-order chi connectivity index (χ1) is 22.1. The fourth-order valence-electron chi connectivity index (χ4n) is 5.75. The molecule has 4 heterocycles. The fourth-order valence-corrected chi connectivity index (χ4v) is 5.75. The molecule has 3 aliphatic heterocycles. The average Bonchev–Trinajstić information content (AvgIpc) is 3.56. The van der Waals surface area contributed by atoms with Crippen LogP contribution in [0.25, 0.3) is 11.1 Å². The third-order valence-corrected chi connectivity index (χ3v) is 8.66. The van der Waals surface area contributed by atoms with Crippen molar-refractivity contribution < 1.29 is 28.2 Å². The summed E-state index contributed by atoms with van der Waals surface area (Å²) in [6.07, 6.45) is -0.352. The molecule has 0 radical (unpaired) electrons. The molecular formula is C35H36FN5O5. The maximum atomic E-state index is 15.1. The first kappa shape index (κ1) is 30.8. The minimum Gasteiger partial charge on any atom is -0.486 e. The summed E-state index contributed by atoms with van der Waals surface area (Å²) in [5.74, 6) is -0.665. The topological polar surface area (TPSA) is 115 Å². The molecule has 7 rings (SSSR count). The zero-order chi connectivity index (χ0) is 32.4. The van der Waals surface area contributed by atoms with E-state index in [1.807, 2.05) is 43.7 Å². The van der Waals surface area contributed by atoms with E-state index >= 15 is 4.39 Å². The summed E-state index contributed by atoms with van der Waals surface area (Å²) in [7, 11) is 0. The molecule has 2 atom stereocenters. The van der Waals surface area contributed by atoms with Crippen LogP contribution in [0.15, 0.2) is 66.7 Å². The number of nitrogens with one attached hydrogen (secondary N) is 2. The van der Waals surface area contributed by atoms with Crippen LogP contribution in [0.1, 0.15) is 39.3 Å². The number of ether oxygens (including phenoxy) is 2. The number of rotatable bonds is 3. The van der Waals surface area contributed by atoms with Crippen LogP contribution >= 0.6 is 0 Å². The molecule has 11 heteroatoms. The van der Waals surface area contributed by atoms with Crippen LogP contribution < -0.4 is 20.1 Å². The van der Waals surface area contributed by atoms with Crippen LogP contribution in [0.2, 0.25) is 0 Å². The standard InChI is InChI=1S/C35H36FN5O5/c1-21-22(2)39-41(23(21)3)14-13-34(43)40-18-31-32(19-40)46-27-10-7-24(8-11-27)17-37-33(42)20-45-28-6-4-5-25(15-28)26-9-12-30(36)29(16-26)35(44)38-31/h4-12,15-16,31-32H,13-14,17-20H2,1-3H3,(H,37,42)(H,38,44)/t31-,32-/m0/s1. The number of hydrogen-bond donors (Lipinski definition) is 2. The second-order valence-electron chi connectivity index (χ2n) is 11.7. The quantitative estimate of drug-likeness (QED) is 0.355. The number of fused-ring (bicyclic) bond motifs is 7. The maximum absolute atomic E-state index is 15.1. The number of halogens is 1. The molecule has 0 aliphatic carbocycles. The zero-order valence-corrected chi connectivity index (χ0v) is 26.0. The summed E-state index contributed by atoms with van der Waals surface area (Å²) in [5.41, 5.74) is 5.07. The summed E-state index contributed by atoms with van der Waals surface area (Å²) in [5, 5.41) is 10.3. The lowest BCUT2D eigenvalue weighted by atomic mass is 10.0. The van der Waals surface area contributed by atoms with Crippen LogP contribution in [0.4, 0.5) is 4.39 Å². The third kappa shape index (κ3) is 6.73. The summed E-state index contributed by atoms with van der Waals surface area (Å²) >= 11 is 0. The molecule has 1 fully saturated rings. The summed E-state index contributed by atoms with van der Waals surface area (Å²) in [6.45, 7) is 6.94. The molecule has 1 saturated heterocycles. The molecule has 0 saturated carbocycles. The molecule has 238 valence electrons. The molecule has 4 aromatic rings. The van der Waals surface area contributed by atoms with Crippen molar-refractivity contribution in [2.45, 2.75) is 52.4 Å². The smallest absolute Gasteiger partial charge is 0.258 e. The highest BCUT2D eigenvalue weighted by Gasteiger charge is 2.38. The Morgan fingerprint density at radius 2 is 1.76 bits per heavy atom. The predicted molar refractivity (Wildman–Crippen MR) is 169 cm³/mol. The van der Waals surface area contributed by atoms with Gasteiger partial charge >= 0.3 is 0 Å². The van der Waals surface area contributed by atoms with Gasteiger partial charge in [0.05, 0.1) is 23.8 Å². The van der Waals surface area contributed by atoms with Crippen molar-refractivity contribution in [1.29, 1.82) is 0 Å². The molecule has 46 heavy (non-hydrogen) atoms. The number of aryl methyl sites for hydroxylation is 2. The second kappa shape index (κ2) is 13.0. The Bertz CT molecular complexity index is 1790. The molecule has 0 unspecified atom stereocenters. The summed E-state index contributed by atoms with van der Waals surface area (Å²) < 4.78 is 28.9. The Morgan fingerprint density at radius 3 is 2.52 bits per heavy atom. The molecule has 6 bridgehead atoms. The van der Waals surface area contributed by atoms with Gasteiger partial charge < -0.3 is 25.0 Å². The number of hydrogen-bond acceptors (Lipinski definition) is 6. The monoisotopic (exact) mass is 625 g/mol. The van der Waals surface area contributed by atoms with Crippen LogP contribution in [0.3, 0.4) is 0 Å².